The van der Waals surface area contributed by atoms with E-state index in [1.165, 1.54) is 4.90 Å². The third-order valence-corrected chi connectivity index (χ3v) is 5.35. The Morgan fingerprint density at radius 2 is 1.86 bits per heavy atom. The van der Waals surface area contributed by atoms with Crippen LogP contribution in [0.2, 0.25) is 0 Å². The van der Waals surface area contributed by atoms with E-state index in [-0.39, 0.29) is 11.2 Å². The molecule has 4 aromatic rings. The van der Waals surface area contributed by atoms with Crippen molar-refractivity contribution in [3.63, 3.8) is 0 Å². The third-order valence-electron chi connectivity index (χ3n) is 5.35. The minimum Gasteiger partial charge on any atom is -0.450 e. The van der Waals surface area contributed by atoms with E-state index < -0.39 is 11.9 Å². The molecule has 0 bridgehead atoms. The van der Waals surface area contributed by atoms with Crippen LogP contribution in [0.5, 0.6) is 0 Å². The van der Waals surface area contributed by atoms with Gasteiger partial charge in [0.2, 0.25) is 5.76 Å². The smallest absolute Gasteiger partial charge is 0.296 e. The molecular weight excluding hydrogens is 370 g/mol. The van der Waals surface area contributed by atoms with Crippen molar-refractivity contribution >= 4 is 22.7 Å². The summed E-state index contributed by atoms with van der Waals surface area (Å²) >= 11 is 0. The van der Waals surface area contributed by atoms with E-state index in [0.29, 0.717) is 33.7 Å². The zero-order chi connectivity index (χ0) is 20.3. The lowest BCUT2D eigenvalue weighted by Crippen LogP contribution is -2.29. The molecule has 0 radical (unpaired) electrons. The summed E-state index contributed by atoms with van der Waals surface area (Å²) in [4.78, 5) is 32.4. The van der Waals surface area contributed by atoms with Crippen molar-refractivity contribution in [2.24, 2.45) is 0 Å². The standard InChI is InChI=1S/C22H17N3O4/c1-11-7-15-16(8-12(11)2)28-21-18(20(15)26)19(14-5-4-6-23-10-14)25(22(21)27)17-9-13(3)29-24-17/h4-10,19H,1-3H3/t19-/m1/s1. The highest BCUT2D eigenvalue weighted by Crippen LogP contribution is 2.40. The molecule has 4 heterocycles. The first kappa shape index (κ1) is 17.4. The van der Waals surface area contributed by atoms with Crippen molar-refractivity contribution in [3.8, 4) is 0 Å². The van der Waals surface area contributed by atoms with Gasteiger partial charge >= 0.3 is 0 Å². The molecule has 0 fully saturated rings. The quantitative estimate of drug-likeness (QED) is 0.519. The number of rotatable bonds is 2. The number of amides is 1. The van der Waals surface area contributed by atoms with Crippen molar-refractivity contribution in [2.75, 3.05) is 4.90 Å². The summed E-state index contributed by atoms with van der Waals surface area (Å²) in [5, 5.41) is 4.45. The lowest BCUT2D eigenvalue weighted by atomic mass is 9.98. The Kier molecular flexibility index (Phi) is 3.67. The predicted molar refractivity (Wildman–Crippen MR) is 106 cm³/mol. The van der Waals surface area contributed by atoms with Gasteiger partial charge in [-0.3, -0.25) is 19.5 Å². The van der Waals surface area contributed by atoms with Crippen molar-refractivity contribution in [1.82, 2.24) is 10.1 Å². The number of benzene rings is 1. The topological polar surface area (TPSA) is 89.4 Å². The van der Waals surface area contributed by atoms with E-state index in [9.17, 15) is 9.59 Å². The predicted octanol–water partition coefficient (Wildman–Crippen LogP) is 3.85. The maximum Gasteiger partial charge on any atom is 0.296 e. The van der Waals surface area contributed by atoms with E-state index in [4.69, 9.17) is 8.94 Å². The van der Waals surface area contributed by atoms with E-state index in [1.807, 2.05) is 26.0 Å². The minimum atomic E-state index is -0.696. The Balaban J connectivity index is 1.84. The first-order valence-corrected chi connectivity index (χ1v) is 9.20. The summed E-state index contributed by atoms with van der Waals surface area (Å²) in [6.07, 6.45) is 3.28. The van der Waals surface area contributed by atoms with Gasteiger partial charge in [0.15, 0.2) is 11.2 Å². The molecular formula is C22H17N3O4. The monoisotopic (exact) mass is 387 g/mol. The average molecular weight is 387 g/mol. The first-order valence-electron chi connectivity index (χ1n) is 9.20. The summed E-state index contributed by atoms with van der Waals surface area (Å²) in [5.74, 6) is 0.479. The SMILES string of the molecule is Cc1cc(N2C(=O)c3oc4cc(C)c(C)cc4c(=O)c3[C@H]2c2cccnc2)no1. The van der Waals surface area contributed by atoms with Gasteiger partial charge in [-0.1, -0.05) is 11.2 Å². The maximum absolute atomic E-state index is 13.5. The summed E-state index contributed by atoms with van der Waals surface area (Å²) in [6.45, 7) is 5.62. The highest BCUT2D eigenvalue weighted by molar-refractivity contribution is 6.10. The van der Waals surface area contributed by atoms with Crippen LogP contribution in [0.1, 0.15) is 44.6 Å². The fourth-order valence-electron chi connectivity index (χ4n) is 3.78. The Labute approximate surface area is 165 Å². The lowest BCUT2D eigenvalue weighted by Gasteiger charge is -2.21. The van der Waals surface area contributed by atoms with E-state index in [0.717, 1.165) is 11.1 Å². The Morgan fingerprint density at radius 1 is 1.07 bits per heavy atom. The molecule has 0 spiro atoms. The van der Waals surface area contributed by atoms with Gasteiger partial charge in [0, 0.05) is 18.5 Å². The number of aryl methyl sites for hydroxylation is 3. The second-order valence-electron chi connectivity index (χ2n) is 7.27. The highest BCUT2D eigenvalue weighted by Gasteiger charge is 2.45. The van der Waals surface area contributed by atoms with Gasteiger partial charge in [-0.2, -0.15) is 0 Å². The van der Waals surface area contributed by atoms with Gasteiger partial charge in [0.05, 0.1) is 17.0 Å². The summed E-state index contributed by atoms with van der Waals surface area (Å²) in [5.41, 5.74) is 3.12. The lowest BCUT2D eigenvalue weighted by molar-refractivity contribution is 0.0969. The summed E-state index contributed by atoms with van der Waals surface area (Å²) < 4.78 is 11.2. The maximum atomic E-state index is 13.5. The van der Waals surface area contributed by atoms with Gasteiger partial charge in [0.25, 0.3) is 5.91 Å². The van der Waals surface area contributed by atoms with Gasteiger partial charge in [-0.05, 0) is 55.7 Å². The molecule has 0 unspecified atom stereocenters. The Bertz CT molecular complexity index is 1340. The second-order valence-corrected chi connectivity index (χ2v) is 7.27. The van der Waals surface area contributed by atoms with Crippen LogP contribution in [0.3, 0.4) is 0 Å². The third kappa shape index (κ3) is 2.51. The number of anilines is 1. The number of fused-ring (bicyclic) bond motifs is 2. The molecule has 7 heteroatoms. The van der Waals surface area contributed by atoms with Crippen LogP contribution in [0.4, 0.5) is 5.82 Å². The number of hydrogen-bond donors (Lipinski definition) is 0. The van der Waals surface area contributed by atoms with Crippen molar-refractivity contribution in [1.29, 1.82) is 0 Å². The zero-order valence-corrected chi connectivity index (χ0v) is 16.1. The van der Waals surface area contributed by atoms with Crippen LogP contribution in [0.25, 0.3) is 11.0 Å². The molecule has 3 aromatic heterocycles. The van der Waals surface area contributed by atoms with Crippen molar-refractivity contribution in [2.45, 2.75) is 26.8 Å². The Morgan fingerprint density at radius 3 is 2.55 bits per heavy atom. The first-order chi connectivity index (χ1) is 14.0. The van der Waals surface area contributed by atoms with Crippen molar-refractivity contribution < 1.29 is 13.7 Å². The van der Waals surface area contributed by atoms with Crippen LogP contribution in [0.15, 0.2) is 56.5 Å². The minimum absolute atomic E-state index is 0.0280. The van der Waals surface area contributed by atoms with Crippen LogP contribution < -0.4 is 10.3 Å². The largest absolute Gasteiger partial charge is 0.450 e. The molecule has 1 aromatic carbocycles. The average Bonchev–Trinajstić information content (AvgIpc) is 3.26. The second kappa shape index (κ2) is 6.13. The van der Waals surface area contributed by atoms with Gasteiger partial charge in [-0.15, -0.1) is 0 Å². The molecule has 0 saturated heterocycles. The molecule has 144 valence electrons. The van der Waals surface area contributed by atoms with Crippen molar-refractivity contribution in [3.05, 3.63) is 86.7 Å². The fraction of sp³-hybridized carbons (Fsp3) is 0.182. The molecule has 7 nitrogen and oxygen atoms in total. The number of aromatic nitrogens is 2. The molecule has 1 aliphatic rings. The fourth-order valence-corrected chi connectivity index (χ4v) is 3.78. The molecule has 29 heavy (non-hydrogen) atoms. The molecule has 1 amide bonds. The van der Waals surface area contributed by atoms with E-state index in [2.05, 4.69) is 10.1 Å². The molecule has 0 aliphatic carbocycles. The molecule has 0 saturated carbocycles. The summed E-state index contributed by atoms with van der Waals surface area (Å²) in [7, 11) is 0. The van der Waals surface area contributed by atoms with E-state index >= 15 is 0 Å². The number of carbonyl (C=O) groups is 1. The summed E-state index contributed by atoms with van der Waals surface area (Å²) in [6, 6.07) is 8.15. The number of nitrogens with zero attached hydrogens (tertiary/aromatic N) is 3. The molecule has 0 N–H and O–H groups in total. The highest BCUT2D eigenvalue weighted by atomic mass is 16.5. The van der Waals surface area contributed by atoms with Crippen LogP contribution >= 0.6 is 0 Å². The van der Waals surface area contributed by atoms with Crippen LogP contribution in [-0.4, -0.2) is 16.0 Å². The number of hydrogen-bond acceptors (Lipinski definition) is 6. The van der Waals surface area contributed by atoms with Crippen LogP contribution in [-0.2, 0) is 0 Å². The van der Waals surface area contributed by atoms with Gasteiger partial charge in [0.1, 0.15) is 11.3 Å². The van der Waals surface area contributed by atoms with Gasteiger partial charge in [-0.25, -0.2) is 0 Å². The van der Waals surface area contributed by atoms with Crippen LogP contribution in [0, 0.1) is 20.8 Å². The Hall–Kier alpha value is -3.74. The molecule has 1 aliphatic heterocycles. The number of carbonyl (C=O) groups excluding carboxylic acids is 1. The molecule has 5 rings (SSSR count). The number of pyridine rings is 1. The zero-order valence-electron chi connectivity index (χ0n) is 16.1. The normalized spacial score (nSPS) is 15.9. The molecule has 1 atom stereocenters. The van der Waals surface area contributed by atoms with E-state index in [1.54, 1.807) is 37.5 Å². The van der Waals surface area contributed by atoms with Gasteiger partial charge < -0.3 is 8.94 Å².